The lowest BCUT2D eigenvalue weighted by atomic mass is 9.73. The molecule has 16 heavy (non-hydrogen) atoms. The minimum atomic E-state index is 0.731. The topological polar surface area (TPSA) is 12.0 Å². The van der Waals surface area contributed by atoms with E-state index in [1.54, 1.807) is 0 Å². The fraction of sp³-hybridized carbons (Fsp3) is 1.00. The van der Waals surface area contributed by atoms with Gasteiger partial charge in [0.25, 0.3) is 0 Å². The van der Waals surface area contributed by atoms with Gasteiger partial charge in [-0.2, -0.15) is 0 Å². The molecule has 1 fully saturated rings. The summed E-state index contributed by atoms with van der Waals surface area (Å²) < 4.78 is 0. The highest BCUT2D eigenvalue weighted by Gasteiger charge is 2.29. The summed E-state index contributed by atoms with van der Waals surface area (Å²) in [7, 11) is 2.14. The van der Waals surface area contributed by atoms with E-state index in [0.29, 0.717) is 0 Å². The molecule has 0 bridgehead atoms. The normalized spacial score (nSPS) is 28.7. The second kappa shape index (κ2) is 6.64. The number of hydrogen-bond acceptors (Lipinski definition) is 1. The van der Waals surface area contributed by atoms with Crippen molar-refractivity contribution in [2.45, 2.75) is 65.8 Å². The summed E-state index contributed by atoms with van der Waals surface area (Å²) in [5.74, 6) is 3.56. The van der Waals surface area contributed by atoms with Crippen molar-refractivity contribution in [1.29, 1.82) is 0 Å². The summed E-state index contributed by atoms with van der Waals surface area (Å²) in [4.78, 5) is 0. The zero-order chi connectivity index (χ0) is 12.1. The molecule has 0 radical (unpaired) electrons. The molecule has 1 rings (SSSR count). The minimum Gasteiger partial charge on any atom is -0.316 e. The van der Waals surface area contributed by atoms with Crippen molar-refractivity contribution in [1.82, 2.24) is 5.32 Å². The van der Waals surface area contributed by atoms with Crippen LogP contribution >= 0.6 is 0 Å². The van der Waals surface area contributed by atoms with E-state index in [1.807, 2.05) is 0 Å². The molecular formula is C15H31N. The summed E-state index contributed by atoms with van der Waals surface area (Å²) >= 11 is 0. The van der Waals surface area contributed by atoms with Crippen LogP contribution in [-0.4, -0.2) is 13.1 Å². The van der Waals surface area contributed by atoms with Gasteiger partial charge in [0.15, 0.2) is 0 Å². The van der Waals surface area contributed by atoms with Crippen LogP contribution in [0.2, 0.25) is 0 Å². The Morgan fingerprint density at radius 3 is 2.31 bits per heavy atom. The summed E-state index contributed by atoms with van der Waals surface area (Å²) in [6.45, 7) is 9.43. The van der Waals surface area contributed by atoms with E-state index in [2.05, 4.69) is 40.1 Å². The Kier molecular flexibility index (Phi) is 5.82. The first kappa shape index (κ1) is 14.0. The maximum absolute atomic E-state index is 3.55. The Labute approximate surface area is 102 Å². The first-order chi connectivity index (χ1) is 7.54. The van der Waals surface area contributed by atoms with Crippen LogP contribution in [-0.2, 0) is 0 Å². The molecule has 1 nitrogen and oxygen atoms in total. The van der Waals surface area contributed by atoms with Crippen LogP contribution in [0.3, 0.4) is 0 Å². The van der Waals surface area contributed by atoms with Gasteiger partial charge in [-0.3, -0.25) is 0 Å². The first-order valence-electron chi connectivity index (χ1n) is 7.21. The number of rotatable bonds is 5. The van der Waals surface area contributed by atoms with Crippen molar-refractivity contribution >= 4 is 0 Å². The smallest absolute Gasteiger partial charge is 0.0115 e. The van der Waals surface area contributed by atoms with Crippen LogP contribution in [0.15, 0.2) is 0 Å². The Hall–Kier alpha value is -0.0400. The molecule has 3 atom stereocenters. The molecule has 0 amide bonds. The van der Waals surface area contributed by atoms with Gasteiger partial charge in [0, 0.05) is 6.04 Å². The minimum absolute atomic E-state index is 0.731. The van der Waals surface area contributed by atoms with E-state index in [0.717, 1.165) is 29.7 Å². The van der Waals surface area contributed by atoms with Crippen LogP contribution in [0, 0.1) is 23.7 Å². The maximum Gasteiger partial charge on any atom is 0.0115 e. The molecule has 0 aromatic rings. The molecule has 0 spiro atoms. The fourth-order valence-corrected chi connectivity index (χ4v) is 3.65. The Morgan fingerprint density at radius 2 is 1.81 bits per heavy atom. The summed E-state index contributed by atoms with van der Waals surface area (Å²) in [5, 5.41) is 3.55. The molecule has 1 aliphatic carbocycles. The molecule has 0 aliphatic heterocycles. The summed E-state index contributed by atoms with van der Waals surface area (Å²) in [5.41, 5.74) is 0. The molecule has 0 saturated heterocycles. The standard InChI is InChI=1S/C15H31N/c1-11(2)9-13-7-6-8-14(10-13)15(16-5)12(3)4/h11-16H,6-10H2,1-5H3. The van der Waals surface area contributed by atoms with Crippen molar-refractivity contribution < 1.29 is 0 Å². The highest BCUT2D eigenvalue weighted by atomic mass is 14.9. The summed E-state index contributed by atoms with van der Waals surface area (Å²) in [6.07, 6.45) is 7.27. The van der Waals surface area contributed by atoms with Gasteiger partial charge < -0.3 is 5.32 Å². The molecular weight excluding hydrogens is 194 g/mol. The molecule has 0 aromatic carbocycles. The van der Waals surface area contributed by atoms with Crippen molar-refractivity contribution in [3.63, 3.8) is 0 Å². The van der Waals surface area contributed by atoms with Crippen LogP contribution in [0.1, 0.15) is 59.8 Å². The molecule has 0 aromatic heterocycles. The van der Waals surface area contributed by atoms with Crippen LogP contribution in [0.4, 0.5) is 0 Å². The second-order valence-corrected chi connectivity index (χ2v) is 6.48. The zero-order valence-corrected chi connectivity index (χ0v) is 11.9. The highest BCUT2D eigenvalue weighted by molar-refractivity contribution is 4.83. The van der Waals surface area contributed by atoms with Gasteiger partial charge in [0.05, 0.1) is 0 Å². The van der Waals surface area contributed by atoms with Gasteiger partial charge in [-0.1, -0.05) is 40.5 Å². The van der Waals surface area contributed by atoms with E-state index < -0.39 is 0 Å². The fourth-order valence-electron chi connectivity index (χ4n) is 3.65. The second-order valence-electron chi connectivity index (χ2n) is 6.48. The Morgan fingerprint density at radius 1 is 1.12 bits per heavy atom. The molecule has 96 valence electrons. The van der Waals surface area contributed by atoms with Gasteiger partial charge in [0.1, 0.15) is 0 Å². The average molecular weight is 225 g/mol. The van der Waals surface area contributed by atoms with E-state index >= 15 is 0 Å². The predicted octanol–water partition coefficient (Wildman–Crippen LogP) is 4.08. The highest BCUT2D eigenvalue weighted by Crippen LogP contribution is 2.36. The molecule has 3 unspecified atom stereocenters. The Balaban J connectivity index is 2.48. The monoisotopic (exact) mass is 225 g/mol. The van der Waals surface area contributed by atoms with Crippen molar-refractivity contribution in [2.24, 2.45) is 23.7 Å². The quantitative estimate of drug-likeness (QED) is 0.743. The third-order valence-corrected chi connectivity index (χ3v) is 4.19. The summed E-state index contributed by atoms with van der Waals surface area (Å²) in [6, 6.07) is 0.731. The third kappa shape index (κ3) is 4.08. The third-order valence-electron chi connectivity index (χ3n) is 4.19. The SMILES string of the molecule is CNC(C(C)C)C1CCCC(CC(C)C)C1. The van der Waals surface area contributed by atoms with E-state index in [-0.39, 0.29) is 0 Å². The van der Waals surface area contributed by atoms with E-state index in [4.69, 9.17) is 0 Å². The van der Waals surface area contributed by atoms with E-state index in [1.165, 1.54) is 32.1 Å². The Bertz CT molecular complexity index is 186. The van der Waals surface area contributed by atoms with Gasteiger partial charge in [0.2, 0.25) is 0 Å². The van der Waals surface area contributed by atoms with Gasteiger partial charge in [-0.25, -0.2) is 0 Å². The largest absolute Gasteiger partial charge is 0.316 e. The molecule has 0 heterocycles. The molecule has 1 heteroatoms. The van der Waals surface area contributed by atoms with Crippen molar-refractivity contribution in [3.8, 4) is 0 Å². The van der Waals surface area contributed by atoms with Crippen LogP contribution < -0.4 is 5.32 Å². The van der Waals surface area contributed by atoms with Gasteiger partial charge >= 0.3 is 0 Å². The van der Waals surface area contributed by atoms with E-state index in [9.17, 15) is 0 Å². The van der Waals surface area contributed by atoms with Crippen LogP contribution in [0.5, 0.6) is 0 Å². The van der Waals surface area contributed by atoms with Crippen molar-refractivity contribution in [2.75, 3.05) is 7.05 Å². The predicted molar refractivity (Wildman–Crippen MR) is 72.6 cm³/mol. The van der Waals surface area contributed by atoms with Gasteiger partial charge in [-0.15, -0.1) is 0 Å². The van der Waals surface area contributed by atoms with Gasteiger partial charge in [-0.05, 0) is 50.0 Å². The molecule has 1 saturated carbocycles. The number of nitrogens with one attached hydrogen (secondary N) is 1. The zero-order valence-electron chi connectivity index (χ0n) is 11.9. The van der Waals surface area contributed by atoms with Crippen molar-refractivity contribution in [3.05, 3.63) is 0 Å². The lowest BCUT2D eigenvalue weighted by molar-refractivity contribution is 0.173. The van der Waals surface area contributed by atoms with Crippen LogP contribution in [0.25, 0.3) is 0 Å². The average Bonchev–Trinajstić information content (AvgIpc) is 2.17. The lowest BCUT2D eigenvalue weighted by Gasteiger charge is -2.37. The molecule has 1 aliphatic rings. The first-order valence-corrected chi connectivity index (χ1v) is 7.21. The molecule has 1 N–H and O–H groups in total. The number of hydrogen-bond donors (Lipinski definition) is 1. The lowest BCUT2D eigenvalue weighted by Crippen LogP contribution is -2.40. The maximum atomic E-state index is 3.55.